The van der Waals surface area contributed by atoms with Gasteiger partial charge in [0, 0.05) is 64.0 Å². The number of hydrogen-bond donors (Lipinski definition) is 2. The maximum Gasteiger partial charge on any atom is 0.329 e. The molecule has 7 rings (SSSR count). The molecular weight excluding hydrogens is 572 g/mol. The average molecular weight is 615 g/mol. The molecule has 13 heteroatoms. The molecule has 1 aliphatic carbocycles. The molecule has 4 amide bonds. The predicted molar refractivity (Wildman–Crippen MR) is 169 cm³/mol. The molecule has 0 radical (unpaired) electrons. The van der Waals surface area contributed by atoms with Crippen LogP contribution in [-0.2, 0) is 4.79 Å². The highest BCUT2D eigenvalue weighted by molar-refractivity contribution is 6.08. The number of likely N-dealkylation sites (tertiary alicyclic amines) is 1. The molecule has 3 aromatic rings. The van der Waals surface area contributed by atoms with Crippen LogP contribution in [0.1, 0.15) is 80.7 Å². The van der Waals surface area contributed by atoms with Crippen LogP contribution >= 0.6 is 0 Å². The number of carbonyl (C=O) groups excluding carboxylic acids is 3. The molecule has 45 heavy (non-hydrogen) atoms. The van der Waals surface area contributed by atoms with Crippen LogP contribution in [0.4, 0.5) is 16.4 Å². The van der Waals surface area contributed by atoms with Crippen LogP contribution in [0.5, 0.6) is 0 Å². The van der Waals surface area contributed by atoms with Gasteiger partial charge >= 0.3 is 6.03 Å². The number of aromatic nitrogens is 5. The summed E-state index contributed by atoms with van der Waals surface area (Å²) in [5, 5.41) is 15.0. The standard InChI is InChI=1S/C32H42N10O3/c43-28-13-19-42(32(45)36-28)30-25-12-18-41(29(25)33-21-34-30)24-10-14-39(15-11-24)20-22-8-16-40(17-9-22)27-7-6-26(37-38-27)31(44)35-23-4-2-1-3-5-23/h6-7,12,18,21-24H,1-5,8-11,13-17,19-20H2,(H,35,44)(H,36,43,45). The van der Waals surface area contributed by atoms with Gasteiger partial charge in [-0.05, 0) is 62.6 Å². The molecule has 0 aromatic carbocycles. The largest absolute Gasteiger partial charge is 0.355 e. The third-order valence-corrected chi connectivity index (χ3v) is 10.0. The molecule has 3 saturated heterocycles. The second kappa shape index (κ2) is 13.1. The van der Waals surface area contributed by atoms with E-state index in [9.17, 15) is 14.4 Å². The molecule has 6 heterocycles. The number of rotatable bonds is 7. The minimum atomic E-state index is -0.432. The zero-order valence-corrected chi connectivity index (χ0v) is 25.7. The van der Waals surface area contributed by atoms with Gasteiger partial charge < -0.3 is 19.7 Å². The summed E-state index contributed by atoms with van der Waals surface area (Å²) in [6.45, 7) is 5.39. The number of fused-ring (bicyclic) bond motifs is 1. The quantitative estimate of drug-likeness (QED) is 0.410. The molecule has 238 valence electrons. The zero-order valence-electron chi connectivity index (χ0n) is 25.7. The van der Waals surface area contributed by atoms with Crippen LogP contribution in [0, 0.1) is 5.92 Å². The van der Waals surface area contributed by atoms with Gasteiger partial charge in [-0.25, -0.2) is 14.8 Å². The Morgan fingerprint density at radius 3 is 2.42 bits per heavy atom. The fourth-order valence-electron chi connectivity index (χ4n) is 7.44. The average Bonchev–Trinajstić information content (AvgIpc) is 3.51. The number of nitrogens with one attached hydrogen (secondary N) is 2. The van der Waals surface area contributed by atoms with Crippen LogP contribution < -0.4 is 20.4 Å². The zero-order chi connectivity index (χ0) is 30.8. The Bertz CT molecular complexity index is 1520. The lowest BCUT2D eigenvalue weighted by Gasteiger charge is -2.38. The molecule has 2 N–H and O–H groups in total. The summed E-state index contributed by atoms with van der Waals surface area (Å²) in [6.07, 6.45) is 13.9. The van der Waals surface area contributed by atoms with E-state index >= 15 is 0 Å². The molecule has 13 nitrogen and oxygen atoms in total. The molecule has 0 atom stereocenters. The van der Waals surface area contributed by atoms with E-state index in [0.717, 1.165) is 88.1 Å². The van der Waals surface area contributed by atoms with E-state index in [0.29, 0.717) is 30.0 Å². The van der Waals surface area contributed by atoms with E-state index in [1.165, 1.54) is 30.5 Å². The van der Waals surface area contributed by atoms with E-state index in [1.54, 1.807) is 0 Å². The van der Waals surface area contributed by atoms with Crippen molar-refractivity contribution in [2.45, 2.75) is 76.3 Å². The number of piperidine rings is 2. The summed E-state index contributed by atoms with van der Waals surface area (Å²) in [5.41, 5.74) is 1.23. The van der Waals surface area contributed by atoms with Gasteiger partial charge in [-0.2, -0.15) is 0 Å². The smallest absolute Gasteiger partial charge is 0.329 e. The summed E-state index contributed by atoms with van der Waals surface area (Å²) in [7, 11) is 0. The number of amides is 4. The third kappa shape index (κ3) is 6.49. The fraction of sp³-hybridized carbons (Fsp3) is 0.594. The van der Waals surface area contributed by atoms with Crippen molar-refractivity contribution in [1.29, 1.82) is 0 Å². The first kappa shape index (κ1) is 29.6. The van der Waals surface area contributed by atoms with Crippen molar-refractivity contribution in [2.75, 3.05) is 49.1 Å². The van der Waals surface area contributed by atoms with Crippen molar-refractivity contribution in [1.82, 2.24) is 40.3 Å². The highest BCUT2D eigenvalue weighted by Crippen LogP contribution is 2.32. The van der Waals surface area contributed by atoms with Crippen LogP contribution in [0.3, 0.4) is 0 Å². The molecule has 0 unspecified atom stereocenters. The number of nitrogens with zero attached hydrogens (tertiary/aromatic N) is 8. The van der Waals surface area contributed by atoms with Crippen molar-refractivity contribution in [3.63, 3.8) is 0 Å². The van der Waals surface area contributed by atoms with Gasteiger partial charge in [-0.3, -0.25) is 19.8 Å². The number of hydrogen-bond acceptors (Lipinski definition) is 9. The molecule has 4 fully saturated rings. The molecule has 1 saturated carbocycles. The van der Waals surface area contributed by atoms with E-state index in [-0.39, 0.29) is 24.3 Å². The van der Waals surface area contributed by atoms with Crippen LogP contribution in [-0.4, -0.2) is 92.8 Å². The van der Waals surface area contributed by atoms with Crippen molar-refractivity contribution in [3.05, 3.63) is 36.4 Å². The summed E-state index contributed by atoms with van der Waals surface area (Å²) in [5.74, 6) is 1.68. The molecular formula is C32H42N10O3. The molecule has 3 aromatic heterocycles. The maximum atomic E-state index is 12.6. The van der Waals surface area contributed by atoms with Crippen molar-refractivity contribution in [3.8, 4) is 0 Å². The summed E-state index contributed by atoms with van der Waals surface area (Å²) in [4.78, 5) is 52.0. The van der Waals surface area contributed by atoms with Gasteiger partial charge in [-0.15, -0.1) is 10.2 Å². The summed E-state index contributed by atoms with van der Waals surface area (Å²) >= 11 is 0. The third-order valence-electron chi connectivity index (χ3n) is 10.0. The van der Waals surface area contributed by atoms with E-state index in [4.69, 9.17) is 0 Å². The topological polar surface area (TPSA) is 141 Å². The van der Waals surface area contributed by atoms with Gasteiger partial charge in [-0.1, -0.05) is 19.3 Å². The lowest BCUT2D eigenvalue weighted by molar-refractivity contribution is -0.120. The second-order valence-corrected chi connectivity index (χ2v) is 13.0. The molecule has 4 aliphatic rings. The lowest BCUT2D eigenvalue weighted by atomic mass is 9.94. The van der Waals surface area contributed by atoms with E-state index < -0.39 is 6.03 Å². The molecule has 3 aliphatic heterocycles. The first-order chi connectivity index (χ1) is 22.0. The van der Waals surface area contributed by atoms with Gasteiger partial charge in [0.05, 0.1) is 5.39 Å². The Morgan fingerprint density at radius 2 is 1.69 bits per heavy atom. The molecule has 0 bridgehead atoms. The van der Waals surface area contributed by atoms with Crippen molar-refractivity contribution < 1.29 is 14.4 Å². The number of carbonyl (C=O) groups is 3. The van der Waals surface area contributed by atoms with Crippen LogP contribution in [0.25, 0.3) is 11.0 Å². The van der Waals surface area contributed by atoms with Crippen molar-refractivity contribution >= 4 is 40.5 Å². The van der Waals surface area contributed by atoms with Crippen LogP contribution in [0.15, 0.2) is 30.7 Å². The van der Waals surface area contributed by atoms with E-state index in [1.807, 2.05) is 18.2 Å². The summed E-state index contributed by atoms with van der Waals surface area (Å²) < 4.78 is 2.23. The Balaban J connectivity index is 0.884. The minimum Gasteiger partial charge on any atom is -0.355 e. The Labute approximate surface area is 262 Å². The van der Waals surface area contributed by atoms with Gasteiger partial charge in [0.1, 0.15) is 17.8 Å². The van der Waals surface area contributed by atoms with Gasteiger partial charge in [0.15, 0.2) is 11.5 Å². The first-order valence-electron chi connectivity index (χ1n) is 16.6. The Morgan fingerprint density at radius 1 is 0.889 bits per heavy atom. The highest BCUT2D eigenvalue weighted by atomic mass is 16.2. The number of anilines is 2. The SMILES string of the molecule is O=C1CCN(c2ncnc3c2ccn3C2CCN(CC3CCN(c4ccc(C(=O)NC5CCCCC5)nn4)CC3)CC2)C(=O)N1. The predicted octanol–water partition coefficient (Wildman–Crippen LogP) is 3.28. The van der Waals surface area contributed by atoms with Gasteiger partial charge in [0.25, 0.3) is 5.91 Å². The summed E-state index contributed by atoms with van der Waals surface area (Å²) in [6, 6.07) is 5.90. The maximum absolute atomic E-state index is 12.6. The Kier molecular flexibility index (Phi) is 8.59. The minimum absolute atomic E-state index is 0.114. The lowest BCUT2D eigenvalue weighted by Crippen LogP contribution is -2.50. The van der Waals surface area contributed by atoms with Crippen LogP contribution in [0.2, 0.25) is 0 Å². The number of imide groups is 1. The first-order valence-corrected chi connectivity index (χ1v) is 16.6. The monoisotopic (exact) mass is 614 g/mol. The van der Waals surface area contributed by atoms with Gasteiger partial charge in [0.2, 0.25) is 5.91 Å². The molecule has 0 spiro atoms. The highest BCUT2D eigenvalue weighted by Gasteiger charge is 2.30. The number of urea groups is 1. The van der Waals surface area contributed by atoms with Crippen molar-refractivity contribution in [2.24, 2.45) is 5.92 Å². The normalized spacial score (nSPS) is 21.3. The fourth-order valence-corrected chi connectivity index (χ4v) is 7.44. The van der Waals surface area contributed by atoms with E-state index in [2.05, 4.69) is 51.4 Å². The second-order valence-electron chi connectivity index (χ2n) is 13.0. The Hall–Kier alpha value is -4.13.